The first-order chi connectivity index (χ1) is 15.0. The SMILES string of the molecule is CC(C)c1[nH]c(=O)c(-c2csc(-c3ccncc3)n2)cc1C(=O)NCc1ccncc1. The van der Waals surface area contributed by atoms with E-state index >= 15 is 0 Å². The zero-order chi connectivity index (χ0) is 21.8. The van der Waals surface area contributed by atoms with E-state index in [4.69, 9.17) is 0 Å². The van der Waals surface area contributed by atoms with Crippen molar-refractivity contribution in [1.29, 1.82) is 0 Å². The molecule has 4 heterocycles. The fraction of sp³-hybridized carbons (Fsp3) is 0.174. The van der Waals surface area contributed by atoms with Crippen LogP contribution in [-0.4, -0.2) is 25.8 Å². The molecule has 0 saturated heterocycles. The average Bonchev–Trinajstić information content (AvgIpc) is 3.28. The van der Waals surface area contributed by atoms with Crippen LogP contribution in [0.1, 0.15) is 41.4 Å². The van der Waals surface area contributed by atoms with E-state index in [0.29, 0.717) is 29.1 Å². The van der Waals surface area contributed by atoms with Crippen molar-refractivity contribution in [3.8, 4) is 21.8 Å². The number of aromatic amines is 1. The number of nitrogens with one attached hydrogen (secondary N) is 2. The number of aromatic nitrogens is 4. The van der Waals surface area contributed by atoms with Crippen molar-refractivity contribution in [2.45, 2.75) is 26.3 Å². The van der Waals surface area contributed by atoms with Gasteiger partial charge in [-0.2, -0.15) is 0 Å². The molecular weight excluding hydrogens is 410 g/mol. The molecule has 4 rings (SSSR count). The number of rotatable bonds is 6. The fourth-order valence-electron chi connectivity index (χ4n) is 3.18. The van der Waals surface area contributed by atoms with Crippen molar-refractivity contribution < 1.29 is 4.79 Å². The van der Waals surface area contributed by atoms with Crippen LogP contribution >= 0.6 is 11.3 Å². The van der Waals surface area contributed by atoms with Gasteiger partial charge in [-0.05, 0) is 41.8 Å². The Balaban J connectivity index is 1.68. The van der Waals surface area contributed by atoms with Crippen molar-refractivity contribution in [3.63, 3.8) is 0 Å². The number of carbonyl (C=O) groups is 1. The molecule has 8 heteroatoms. The lowest BCUT2D eigenvalue weighted by atomic mass is 10.0. The zero-order valence-electron chi connectivity index (χ0n) is 17.1. The molecule has 0 unspecified atom stereocenters. The van der Waals surface area contributed by atoms with Gasteiger partial charge >= 0.3 is 0 Å². The van der Waals surface area contributed by atoms with Crippen LogP contribution in [0.25, 0.3) is 21.8 Å². The monoisotopic (exact) mass is 431 g/mol. The van der Waals surface area contributed by atoms with Crippen molar-refractivity contribution in [2.75, 3.05) is 0 Å². The summed E-state index contributed by atoms with van der Waals surface area (Å²) in [5, 5.41) is 5.54. The molecule has 0 bridgehead atoms. The Morgan fingerprint density at radius 3 is 2.45 bits per heavy atom. The molecule has 0 saturated carbocycles. The summed E-state index contributed by atoms with van der Waals surface area (Å²) in [6, 6.07) is 9.07. The van der Waals surface area contributed by atoms with Gasteiger partial charge in [-0.3, -0.25) is 19.6 Å². The molecule has 7 nitrogen and oxygen atoms in total. The highest BCUT2D eigenvalue weighted by Crippen LogP contribution is 2.28. The van der Waals surface area contributed by atoms with Crippen molar-refractivity contribution in [3.05, 3.63) is 87.7 Å². The summed E-state index contributed by atoms with van der Waals surface area (Å²) < 4.78 is 0. The molecule has 2 N–H and O–H groups in total. The molecule has 31 heavy (non-hydrogen) atoms. The molecule has 0 aliphatic carbocycles. The highest BCUT2D eigenvalue weighted by molar-refractivity contribution is 7.13. The van der Waals surface area contributed by atoms with E-state index in [1.807, 2.05) is 43.5 Å². The van der Waals surface area contributed by atoms with Crippen LogP contribution in [0, 0.1) is 0 Å². The molecular formula is C23H21N5O2S. The first-order valence-corrected chi connectivity index (χ1v) is 10.7. The van der Waals surface area contributed by atoms with Crippen LogP contribution in [0.3, 0.4) is 0 Å². The maximum absolute atomic E-state index is 13.0. The number of nitrogens with zero attached hydrogens (tertiary/aromatic N) is 3. The minimum absolute atomic E-state index is 0.0220. The van der Waals surface area contributed by atoms with Gasteiger partial charge < -0.3 is 10.3 Å². The lowest BCUT2D eigenvalue weighted by Crippen LogP contribution is -2.27. The summed E-state index contributed by atoms with van der Waals surface area (Å²) >= 11 is 1.44. The predicted molar refractivity (Wildman–Crippen MR) is 121 cm³/mol. The molecule has 4 aromatic rings. The zero-order valence-corrected chi connectivity index (χ0v) is 17.9. The van der Waals surface area contributed by atoms with Crippen LogP contribution in [0.4, 0.5) is 0 Å². The van der Waals surface area contributed by atoms with Crippen LogP contribution < -0.4 is 10.9 Å². The Bertz CT molecular complexity index is 1250. The van der Waals surface area contributed by atoms with Crippen LogP contribution in [0.2, 0.25) is 0 Å². The highest BCUT2D eigenvalue weighted by atomic mass is 32.1. The van der Waals surface area contributed by atoms with Gasteiger partial charge in [0.05, 0.1) is 16.8 Å². The lowest BCUT2D eigenvalue weighted by Gasteiger charge is -2.14. The van der Waals surface area contributed by atoms with E-state index in [0.717, 1.165) is 16.1 Å². The molecule has 0 aromatic carbocycles. The second kappa shape index (κ2) is 9.01. The smallest absolute Gasteiger partial charge is 0.257 e. The van der Waals surface area contributed by atoms with E-state index in [2.05, 4.69) is 25.3 Å². The quantitative estimate of drug-likeness (QED) is 0.480. The summed E-state index contributed by atoms with van der Waals surface area (Å²) in [6.07, 6.45) is 6.77. The average molecular weight is 432 g/mol. The Hall–Kier alpha value is -3.65. The number of carbonyl (C=O) groups excluding carboxylic acids is 1. The minimum Gasteiger partial charge on any atom is -0.348 e. The highest BCUT2D eigenvalue weighted by Gasteiger charge is 2.19. The first-order valence-electron chi connectivity index (χ1n) is 9.83. The Labute approximate surface area is 183 Å². The number of hydrogen-bond acceptors (Lipinski definition) is 6. The van der Waals surface area contributed by atoms with Crippen molar-refractivity contribution >= 4 is 17.2 Å². The molecule has 1 amide bonds. The minimum atomic E-state index is -0.263. The maximum Gasteiger partial charge on any atom is 0.257 e. The van der Waals surface area contributed by atoms with Crippen LogP contribution in [0.5, 0.6) is 0 Å². The van der Waals surface area contributed by atoms with Gasteiger partial charge in [0.15, 0.2) is 0 Å². The molecule has 0 fully saturated rings. The van der Waals surface area contributed by atoms with Crippen molar-refractivity contribution in [1.82, 2.24) is 25.3 Å². The topological polar surface area (TPSA) is 101 Å². The van der Waals surface area contributed by atoms with Gasteiger partial charge in [-0.25, -0.2) is 4.98 Å². The summed E-state index contributed by atoms with van der Waals surface area (Å²) in [5.41, 5.74) is 3.56. The molecule has 0 spiro atoms. The molecule has 0 aliphatic rings. The second-order valence-electron chi connectivity index (χ2n) is 7.31. The standard InChI is InChI=1S/C23H21N5O2S/c1-14(2)20-18(21(29)26-12-15-3-7-24-8-4-15)11-17(22(30)28-20)19-13-31-23(27-19)16-5-9-25-10-6-16/h3-11,13-14H,12H2,1-2H3,(H,26,29)(H,28,30). The summed E-state index contributed by atoms with van der Waals surface area (Å²) in [7, 11) is 0. The second-order valence-corrected chi connectivity index (χ2v) is 8.16. The number of hydrogen-bond donors (Lipinski definition) is 2. The van der Waals surface area contributed by atoms with Gasteiger partial charge in [0.2, 0.25) is 0 Å². The Morgan fingerprint density at radius 1 is 1.10 bits per heavy atom. The number of pyridine rings is 3. The normalized spacial score (nSPS) is 10.9. The van der Waals surface area contributed by atoms with Gasteiger partial charge in [-0.1, -0.05) is 13.8 Å². The largest absolute Gasteiger partial charge is 0.348 e. The van der Waals surface area contributed by atoms with Crippen LogP contribution in [0.15, 0.2) is 65.3 Å². The number of H-pyrrole nitrogens is 1. The molecule has 156 valence electrons. The van der Waals surface area contributed by atoms with Gasteiger partial charge in [0, 0.05) is 48.0 Å². The Kier molecular flexibility index (Phi) is 5.99. The van der Waals surface area contributed by atoms with E-state index in [-0.39, 0.29) is 17.4 Å². The van der Waals surface area contributed by atoms with E-state index in [1.54, 1.807) is 30.9 Å². The molecule has 0 atom stereocenters. The van der Waals surface area contributed by atoms with Gasteiger partial charge in [0.25, 0.3) is 11.5 Å². The summed E-state index contributed by atoms with van der Waals surface area (Å²) in [4.78, 5) is 41.3. The third-order valence-corrected chi connectivity index (χ3v) is 5.69. The predicted octanol–water partition coefficient (Wildman–Crippen LogP) is 4.01. The van der Waals surface area contributed by atoms with E-state index in [1.165, 1.54) is 11.3 Å². The summed E-state index contributed by atoms with van der Waals surface area (Å²) in [6.45, 7) is 4.25. The maximum atomic E-state index is 13.0. The molecule has 0 radical (unpaired) electrons. The third-order valence-electron chi connectivity index (χ3n) is 4.80. The Morgan fingerprint density at radius 2 is 1.77 bits per heavy atom. The molecule has 0 aliphatic heterocycles. The van der Waals surface area contributed by atoms with Crippen LogP contribution in [-0.2, 0) is 6.54 Å². The number of amides is 1. The van der Waals surface area contributed by atoms with Gasteiger partial charge in [0.1, 0.15) is 5.01 Å². The summed E-state index contributed by atoms with van der Waals surface area (Å²) in [5.74, 6) is -0.270. The van der Waals surface area contributed by atoms with E-state index in [9.17, 15) is 9.59 Å². The van der Waals surface area contributed by atoms with Gasteiger partial charge in [-0.15, -0.1) is 11.3 Å². The third kappa shape index (κ3) is 4.59. The fourth-order valence-corrected chi connectivity index (χ4v) is 4.01. The first kappa shape index (κ1) is 20.6. The molecule has 4 aromatic heterocycles. The lowest BCUT2D eigenvalue weighted by molar-refractivity contribution is 0.0949. The van der Waals surface area contributed by atoms with E-state index < -0.39 is 0 Å². The van der Waals surface area contributed by atoms with Crippen molar-refractivity contribution in [2.24, 2.45) is 0 Å². The number of thiazole rings is 1.